The van der Waals surface area contributed by atoms with Crippen LogP contribution in [-0.4, -0.2) is 23.8 Å². The highest BCUT2D eigenvalue weighted by molar-refractivity contribution is 6.32. The van der Waals surface area contributed by atoms with Crippen molar-refractivity contribution in [3.8, 4) is 5.75 Å². The van der Waals surface area contributed by atoms with Crippen LogP contribution in [0.25, 0.3) is 0 Å². The van der Waals surface area contributed by atoms with Gasteiger partial charge in [0.2, 0.25) is 0 Å². The molecule has 76 valence electrons. The Morgan fingerprint density at radius 1 is 1.57 bits per heavy atom. The number of halogens is 1. The summed E-state index contributed by atoms with van der Waals surface area (Å²) < 4.78 is 0. The maximum atomic E-state index is 9.57. The molecule has 0 bridgehead atoms. The minimum atomic E-state index is 0.159. The van der Waals surface area contributed by atoms with Crippen LogP contribution in [0, 0.1) is 6.92 Å². The average Bonchev–Trinajstić information content (AvgIpc) is 2.18. The van der Waals surface area contributed by atoms with E-state index in [9.17, 15) is 5.11 Å². The summed E-state index contributed by atoms with van der Waals surface area (Å²) in [5, 5.41) is 13.3. The van der Waals surface area contributed by atoms with E-state index in [4.69, 9.17) is 11.6 Å². The van der Waals surface area contributed by atoms with Gasteiger partial charge in [0.1, 0.15) is 18.6 Å². The van der Waals surface area contributed by atoms with E-state index >= 15 is 0 Å². The predicted octanol–water partition coefficient (Wildman–Crippen LogP) is 2.29. The van der Waals surface area contributed by atoms with Crippen molar-refractivity contribution < 1.29 is 9.94 Å². The molecule has 3 nitrogen and oxygen atoms in total. The predicted molar refractivity (Wildman–Crippen MR) is 57.1 cm³/mol. The zero-order valence-electron chi connectivity index (χ0n) is 8.12. The molecular weight excluding hydrogens is 202 g/mol. The summed E-state index contributed by atoms with van der Waals surface area (Å²) in [6.07, 6.45) is 0. The first-order chi connectivity index (χ1) is 6.69. The lowest BCUT2D eigenvalue weighted by Gasteiger charge is -2.05. The van der Waals surface area contributed by atoms with Crippen LogP contribution in [0.2, 0.25) is 0 Å². The molecule has 0 aromatic heterocycles. The molecule has 0 radical (unpaired) electrons. The van der Waals surface area contributed by atoms with Crippen LogP contribution in [0.4, 0.5) is 0 Å². The van der Waals surface area contributed by atoms with Gasteiger partial charge in [-0.1, -0.05) is 16.8 Å². The number of benzene rings is 1. The van der Waals surface area contributed by atoms with E-state index in [1.165, 1.54) is 7.11 Å². The fourth-order valence-corrected chi connectivity index (χ4v) is 1.33. The van der Waals surface area contributed by atoms with E-state index in [2.05, 4.69) is 9.99 Å². The second kappa shape index (κ2) is 4.86. The minimum absolute atomic E-state index is 0.159. The number of oxime groups is 1. The molecule has 1 aromatic carbocycles. The Hall–Kier alpha value is -1.22. The SMILES string of the molecule is CO/N=C(\CCl)c1cc(C)ccc1O. The van der Waals surface area contributed by atoms with E-state index in [1.807, 2.05) is 19.1 Å². The molecule has 0 amide bonds. The number of hydrogen-bond acceptors (Lipinski definition) is 3. The molecule has 0 saturated carbocycles. The maximum absolute atomic E-state index is 9.57. The van der Waals surface area contributed by atoms with E-state index < -0.39 is 0 Å². The van der Waals surface area contributed by atoms with Crippen LogP contribution in [-0.2, 0) is 4.84 Å². The fraction of sp³-hybridized carbons (Fsp3) is 0.300. The molecule has 1 aromatic rings. The minimum Gasteiger partial charge on any atom is -0.507 e. The van der Waals surface area contributed by atoms with Crippen LogP contribution in [0.15, 0.2) is 23.4 Å². The Bertz CT molecular complexity index is 350. The Morgan fingerprint density at radius 3 is 2.86 bits per heavy atom. The standard InChI is InChI=1S/C10H12ClNO2/c1-7-3-4-10(13)8(5-7)9(6-11)12-14-2/h3-5,13H,6H2,1-2H3/b12-9+. The molecule has 0 saturated heterocycles. The highest BCUT2D eigenvalue weighted by Gasteiger charge is 2.08. The van der Waals surface area contributed by atoms with E-state index in [0.29, 0.717) is 11.3 Å². The third-order valence-electron chi connectivity index (χ3n) is 1.79. The topological polar surface area (TPSA) is 41.8 Å². The van der Waals surface area contributed by atoms with Crippen LogP contribution >= 0.6 is 11.6 Å². The van der Waals surface area contributed by atoms with Gasteiger partial charge in [0, 0.05) is 5.56 Å². The number of nitrogens with zero attached hydrogens (tertiary/aromatic N) is 1. The average molecular weight is 214 g/mol. The molecule has 0 aliphatic rings. The van der Waals surface area contributed by atoms with Crippen LogP contribution in [0.3, 0.4) is 0 Å². The smallest absolute Gasteiger partial charge is 0.124 e. The van der Waals surface area contributed by atoms with Gasteiger partial charge in [-0.25, -0.2) is 0 Å². The number of phenols is 1. The first-order valence-electron chi connectivity index (χ1n) is 4.15. The molecule has 0 fully saturated rings. The third kappa shape index (κ3) is 2.39. The van der Waals surface area contributed by atoms with E-state index in [0.717, 1.165) is 5.56 Å². The van der Waals surface area contributed by atoms with Gasteiger partial charge in [-0.15, -0.1) is 11.6 Å². The van der Waals surface area contributed by atoms with E-state index in [-0.39, 0.29) is 11.6 Å². The van der Waals surface area contributed by atoms with Gasteiger partial charge < -0.3 is 9.94 Å². The number of aromatic hydroxyl groups is 1. The second-order valence-electron chi connectivity index (χ2n) is 2.87. The number of rotatable bonds is 3. The molecule has 0 spiro atoms. The lowest BCUT2D eigenvalue weighted by Crippen LogP contribution is -2.04. The van der Waals surface area contributed by atoms with Gasteiger partial charge in [0.05, 0.1) is 5.88 Å². The summed E-state index contributed by atoms with van der Waals surface area (Å²) in [5.41, 5.74) is 2.17. The second-order valence-corrected chi connectivity index (χ2v) is 3.14. The Morgan fingerprint density at radius 2 is 2.29 bits per heavy atom. The van der Waals surface area contributed by atoms with Crippen molar-refractivity contribution >= 4 is 17.3 Å². The molecule has 4 heteroatoms. The van der Waals surface area contributed by atoms with Crippen LogP contribution in [0.5, 0.6) is 5.75 Å². The summed E-state index contributed by atoms with van der Waals surface area (Å²) in [7, 11) is 1.44. The summed E-state index contributed by atoms with van der Waals surface area (Å²) in [6, 6.07) is 5.25. The molecule has 1 rings (SSSR count). The highest BCUT2D eigenvalue weighted by atomic mass is 35.5. The van der Waals surface area contributed by atoms with Gasteiger partial charge in [0.15, 0.2) is 0 Å². The van der Waals surface area contributed by atoms with Crippen molar-refractivity contribution in [1.29, 1.82) is 0 Å². The van der Waals surface area contributed by atoms with Crippen molar-refractivity contribution in [2.75, 3.05) is 13.0 Å². The monoisotopic (exact) mass is 213 g/mol. The van der Waals surface area contributed by atoms with Crippen molar-refractivity contribution in [2.24, 2.45) is 5.16 Å². The molecule has 0 atom stereocenters. The molecule has 0 heterocycles. The van der Waals surface area contributed by atoms with Gasteiger partial charge in [-0.3, -0.25) is 0 Å². The quantitative estimate of drug-likeness (QED) is 0.476. The largest absolute Gasteiger partial charge is 0.507 e. The summed E-state index contributed by atoms with van der Waals surface area (Å²) in [6.45, 7) is 1.93. The first kappa shape index (κ1) is 10.9. The normalized spacial score (nSPS) is 11.5. The number of phenolic OH excluding ortho intramolecular Hbond substituents is 1. The van der Waals surface area contributed by atoms with Gasteiger partial charge in [-0.2, -0.15) is 0 Å². The van der Waals surface area contributed by atoms with Crippen molar-refractivity contribution in [3.63, 3.8) is 0 Å². The Kier molecular flexibility index (Phi) is 3.77. The van der Waals surface area contributed by atoms with Gasteiger partial charge in [0.25, 0.3) is 0 Å². The van der Waals surface area contributed by atoms with E-state index in [1.54, 1.807) is 6.07 Å². The zero-order chi connectivity index (χ0) is 10.6. The molecular formula is C10H12ClNO2. The Labute approximate surface area is 88.0 Å². The van der Waals surface area contributed by atoms with Gasteiger partial charge in [-0.05, 0) is 19.1 Å². The molecule has 14 heavy (non-hydrogen) atoms. The third-order valence-corrected chi connectivity index (χ3v) is 2.04. The maximum Gasteiger partial charge on any atom is 0.124 e. The van der Waals surface area contributed by atoms with Crippen molar-refractivity contribution in [1.82, 2.24) is 0 Å². The van der Waals surface area contributed by atoms with Crippen LogP contribution < -0.4 is 0 Å². The highest BCUT2D eigenvalue weighted by Crippen LogP contribution is 2.19. The fourth-order valence-electron chi connectivity index (χ4n) is 1.14. The first-order valence-corrected chi connectivity index (χ1v) is 4.68. The van der Waals surface area contributed by atoms with Gasteiger partial charge >= 0.3 is 0 Å². The molecule has 1 N–H and O–H groups in total. The lowest BCUT2D eigenvalue weighted by atomic mass is 10.1. The van der Waals surface area contributed by atoms with Crippen molar-refractivity contribution in [2.45, 2.75) is 6.92 Å². The lowest BCUT2D eigenvalue weighted by molar-refractivity contribution is 0.213. The summed E-state index contributed by atoms with van der Waals surface area (Å²) in [5.74, 6) is 0.359. The number of hydrogen-bond donors (Lipinski definition) is 1. The molecule has 0 unspecified atom stereocenters. The summed E-state index contributed by atoms with van der Waals surface area (Å²) >= 11 is 5.68. The summed E-state index contributed by atoms with van der Waals surface area (Å²) in [4.78, 5) is 4.64. The van der Waals surface area contributed by atoms with Crippen LogP contribution in [0.1, 0.15) is 11.1 Å². The zero-order valence-corrected chi connectivity index (χ0v) is 8.88. The number of alkyl halides is 1. The number of aryl methyl sites for hydroxylation is 1. The molecule has 0 aliphatic carbocycles. The molecule has 0 aliphatic heterocycles. The Balaban J connectivity index is 3.15. The van der Waals surface area contributed by atoms with Crippen molar-refractivity contribution in [3.05, 3.63) is 29.3 Å².